The molecule has 3 nitrogen and oxygen atoms in total. The minimum Gasteiger partial charge on any atom is -0.397 e. The highest BCUT2D eigenvalue weighted by Gasteiger charge is 2.20. The predicted molar refractivity (Wildman–Crippen MR) is 68.7 cm³/mol. The number of hydrogen-bond acceptors (Lipinski definition) is 2. The highest BCUT2D eigenvalue weighted by atomic mass is 35.5. The maximum atomic E-state index is 11.6. The lowest BCUT2D eigenvalue weighted by Crippen LogP contribution is -2.21. The van der Waals surface area contributed by atoms with Gasteiger partial charge in [-0.3, -0.25) is 4.79 Å². The fourth-order valence-electron chi connectivity index (χ4n) is 1.77. The number of nitrogens with two attached hydrogens (primary N) is 1. The standard InChI is InChI=1S/C12H16N2O.ClH/c13-10-6-1-2-7-11(10)14-12(15)8-9-4-3-5-9;/h1-2,6-7,9H,3-5,8,13H2,(H,14,15);1H. The smallest absolute Gasteiger partial charge is 0.224 e. The van der Waals surface area contributed by atoms with E-state index in [0.29, 0.717) is 18.0 Å². The fourth-order valence-corrected chi connectivity index (χ4v) is 1.77. The minimum absolute atomic E-state index is 0. The van der Waals surface area contributed by atoms with Crippen LogP contribution in [-0.2, 0) is 4.79 Å². The molecule has 2 rings (SSSR count). The molecule has 0 unspecified atom stereocenters. The lowest BCUT2D eigenvalue weighted by atomic mass is 9.83. The summed E-state index contributed by atoms with van der Waals surface area (Å²) in [6.45, 7) is 0. The normalized spacial score (nSPS) is 14.8. The van der Waals surface area contributed by atoms with E-state index < -0.39 is 0 Å². The molecule has 0 heterocycles. The number of rotatable bonds is 3. The lowest BCUT2D eigenvalue weighted by Gasteiger charge is -2.24. The molecule has 4 heteroatoms. The number of anilines is 2. The Bertz CT molecular complexity index is 364. The molecule has 0 saturated heterocycles. The first-order valence-electron chi connectivity index (χ1n) is 5.40. The lowest BCUT2D eigenvalue weighted by molar-refractivity contribution is -0.117. The molecule has 0 atom stereocenters. The van der Waals surface area contributed by atoms with Crippen molar-refractivity contribution in [3.05, 3.63) is 24.3 Å². The van der Waals surface area contributed by atoms with E-state index in [0.717, 1.165) is 5.69 Å². The highest BCUT2D eigenvalue weighted by Crippen LogP contribution is 2.29. The third-order valence-electron chi connectivity index (χ3n) is 2.93. The van der Waals surface area contributed by atoms with E-state index in [2.05, 4.69) is 5.32 Å². The highest BCUT2D eigenvalue weighted by molar-refractivity contribution is 5.93. The predicted octanol–water partition coefficient (Wildman–Crippen LogP) is 2.82. The average Bonchev–Trinajstić information content (AvgIpc) is 2.16. The Morgan fingerprint density at radius 1 is 1.38 bits per heavy atom. The van der Waals surface area contributed by atoms with E-state index >= 15 is 0 Å². The molecule has 1 aliphatic carbocycles. The molecule has 0 aromatic heterocycles. The summed E-state index contributed by atoms with van der Waals surface area (Å²) in [5.74, 6) is 0.674. The van der Waals surface area contributed by atoms with Gasteiger partial charge in [-0.15, -0.1) is 12.4 Å². The van der Waals surface area contributed by atoms with Crippen LogP contribution in [0.1, 0.15) is 25.7 Å². The van der Waals surface area contributed by atoms with Gasteiger partial charge in [-0.1, -0.05) is 18.6 Å². The summed E-state index contributed by atoms with van der Waals surface area (Å²) in [4.78, 5) is 11.6. The molecule has 1 fully saturated rings. The summed E-state index contributed by atoms with van der Waals surface area (Å²) in [5.41, 5.74) is 7.08. The number of carbonyl (C=O) groups excluding carboxylic acids is 1. The Morgan fingerprint density at radius 2 is 2.06 bits per heavy atom. The molecule has 3 N–H and O–H groups in total. The SMILES string of the molecule is Cl.Nc1ccccc1NC(=O)CC1CCC1. The van der Waals surface area contributed by atoms with Gasteiger partial charge in [0.1, 0.15) is 0 Å². The Kier molecular flexibility index (Phi) is 4.62. The van der Waals surface area contributed by atoms with Gasteiger partial charge < -0.3 is 11.1 Å². The van der Waals surface area contributed by atoms with E-state index in [9.17, 15) is 4.79 Å². The second-order valence-electron chi connectivity index (χ2n) is 4.14. The summed E-state index contributed by atoms with van der Waals surface area (Å²) >= 11 is 0. The summed E-state index contributed by atoms with van der Waals surface area (Å²) in [6.07, 6.45) is 4.29. The van der Waals surface area contributed by atoms with Crippen LogP contribution in [0.4, 0.5) is 11.4 Å². The molecule has 0 bridgehead atoms. The topological polar surface area (TPSA) is 55.1 Å². The second kappa shape index (κ2) is 5.75. The number of carbonyl (C=O) groups is 1. The van der Waals surface area contributed by atoms with Crippen LogP contribution in [0.2, 0.25) is 0 Å². The molecular weight excluding hydrogens is 224 g/mol. The van der Waals surface area contributed by atoms with Gasteiger partial charge in [-0.2, -0.15) is 0 Å². The van der Waals surface area contributed by atoms with Crippen LogP contribution >= 0.6 is 12.4 Å². The van der Waals surface area contributed by atoms with Crippen molar-refractivity contribution in [1.82, 2.24) is 0 Å². The van der Waals surface area contributed by atoms with E-state index in [1.807, 2.05) is 18.2 Å². The molecule has 1 aromatic carbocycles. The third-order valence-corrected chi connectivity index (χ3v) is 2.93. The minimum atomic E-state index is 0. The van der Waals surface area contributed by atoms with Crippen molar-refractivity contribution in [2.75, 3.05) is 11.1 Å². The molecule has 0 aliphatic heterocycles. The van der Waals surface area contributed by atoms with Crippen molar-refractivity contribution in [3.63, 3.8) is 0 Å². The molecule has 1 amide bonds. The molecule has 88 valence electrons. The summed E-state index contributed by atoms with van der Waals surface area (Å²) in [7, 11) is 0. The molecule has 1 aliphatic rings. The summed E-state index contributed by atoms with van der Waals surface area (Å²) < 4.78 is 0. The van der Waals surface area contributed by atoms with E-state index in [1.165, 1.54) is 19.3 Å². The molecular formula is C12H17ClN2O. The number of hydrogen-bond donors (Lipinski definition) is 2. The zero-order valence-corrected chi connectivity index (χ0v) is 9.93. The van der Waals surface area contributed by atoms with Crippen molar-refractivity contribution in [2.45, 2.75) is 25.7 Å². The maximum Gasteiger partial charge on any atom is 0.224 e. The first-order chi connectivity index (χ1) is 7.25. The molecule has 1 aromatic rings. The van der Waals surface area contributed by atoms with Crippen LogP contribution in [0.15, 0.2) is 24.3 Å². The zero-order valence-electron chi connectivity index (χ0n) is 9.11. The van der Waals surface area contributed by atoms with E-state index in [4.69, 9.17) is 5.73 Å². The van der Waals surface area contributed by atoms with Crippen LogP contribution in [0.3, 0.4) is 0 Å². The molecule has 16 heavy (non-hydrogen) atoms. The Hall–Kier alpha value is -1.22. The average molecular weight is 241 g/mol. The molecule has 0 spiro atoms. The molecule has 0 radical (unpaired) electrons. The van der Waals surface area contributed by atoms with Crippen molar-refractivity contribution in [2.24, 2.45) is 5.92 Å². The Morgan fingerprint density at radius 3 is 2.62 bits per heavy atom. The van der Waals surface area contributed by atoms with Crippen molar-refractivity contribution < 1.29 is 4.79 Å². The third kappa shape index (κ3) is 3.14. The quantitative estimate of drug-likeness (QED) is 0.799. The van der Waals surface area contributed by atoms with Gasteiger partial charge in [-0.25, -0.2) is 0 Å². The number of benzene rings is 1. The summed E-state index contributed by atoms with van der Waals surface area (Å²) in [5, 5.41) is 2.85. The fraction of sp³-hybridized carbons (Fsp3) is 0.417. The Balaban J connectivity index is 0.00000128. The molecule has 1 saturated carbocycles. The van der Waals surface area contributed by atoms with Gasteiger partial charge in [-0.05, 0) is 30.9 Å². The number of nitrogen functional groups attached to an aromatic ring is 1. The van der Waals surface area contributed by atoms with Gasteiger partial charge in [0, 0.05) is 6.42 Å². The van der Waals surface area contributed by atoms with Crippen LogP contribution in [0.5, 0.6) is 0 Å². The van der Waals surface area contributed by atoms with Gasteiger partial charge >= 0.3 is 0 Å². The number of amides is 1. The zero-order chi connectivity index (χ0) is 10.7. The van der Waals surface area contributed by atoms with E-state index in [1.54, 1.807) is 6.07 Å². The monoisotopic (exact) mass is 240 g/mol. The number of nitrogens with one attached hydrogen (secondary N) is 1. The van der Waals surface area contributed by atoms with Crippen LogP contribution in [0, 0.1) is 5.92 Å². The maximum absolute atomic E-state index is 11.6. The van der Waals surface area contributed by atoms with Crippen molar-refractivity contribution in [1.29, 1.82) is 0 Å². The van der Waals surface area contributed by atoms with Crippen LogP contribution in [-0.4, -0.2) is 5.91 Å². The largest absolute Gasteiger partial charge is 0.397 e. The van der Waals surface area contributed by atoms with Gasteiger partial charge in [0.25, 0.3) is 0 Å². The van der Waals surface area contributed by atoms with Crippen LogP contribution < -0.4 is 11.1 Å². The summed E-state index contributed by atoms with van der Waals surface area (Å²) in [6, 6.07) is 7.35. The number of para-hydroxylation sites is 2. The first kappa shape index (κ1) is 12.8. The van der Waals surface area contributed by atoms with Gasteiger partial charge in [0.15, 0.2) is 0 Å². The second-order valence-corrected chi connectivity index (χ2v) is 4.14. The van der Waals surface area contributed by atoms with Gasteiger partial charge in [0.2, 0.25) is 5.91 Å². The van der Waals surface area contributed by atoms with E-state index in [-0.39, 0.29) is 18.3 Å². The van der Waals surface area contributed by atoms with Crippen molar-refractivity contribution in [3.8, 4) is 0 Å². The van der Waals surface area contributed by atoms with Crippen LogP contribution in [0.25, 0.3) is 0 Å². The first-order valence-corrected chi connectivity index (χ1v) is 5.40. The van der Waals surface area contributed by atoms with Gasteiger partial charge in [0.05, 0.1) is 11.4 Å². The number of halogens is 1. The Labute approximate surface area is 102 Å². The van der Waals surface area contributed by atoms with Crippen molar-refractivity contribution >= 4 is 29.7 Å².